The van der Waals surface area contributed by atoms with Gasteiger partial charge in [0.15, 0.2) is 0 Å². The molecule has 88 valence electrons. The Morgan fingerprint density at radius 2 is 1.87 bits per heavy atom. The summed E-state index contributed by atoms with van der Waals surface area (Å²) in [5, 5.41) is 8.62. The first-order chi connectivity index (χ1) is 7.18. The van der Waals surface area contributed by atoms with Gasteiger partial charge in [0.2, 0.25) is 0 Å². The maximum atomic E-state index is 10.5. The van der Waals surface area contributed by atoms with Crippen LogP contribution in [0.5, 0.6) is 0 Å². The first-order valence-corrected chi connectivity index (χ1v) is 6.09. The Morgan fingerprint density at radius 1 is 1.27 bits per heavy atom. The number of rotatable bonds is 5. The summed E-state index contributed by atoms with van der Waals surface area (Å²) in [6.45, 7) is 1.10. The first kappa shape index (κ1) is 12.5. The lowest BCUT2D eigenvalue weighted by Gasteiger charge is -2.18. The molecule has 1 aliphatic rings. The average Bonchev–Trinajstić information content (AvgIpc) is 2.41. The second-order valence-corrected chi connectivity index (χ2v) is 4.78. The summed E-state index contributed by atoms with van der Waals surface area (Å²) < 4.78 is 0. The number of hydrogen-bond acceptors (Lipinski definition) is 2. The van der Waals surface area contributed by atoms with Crippen LogP contribution in [0, 0.1) is 5.92 Å². The van der Waals surface area contributed by atoms with Crippen LogP contribution in [0.3, 0.4) is 0 Å². The standard InChI is InChI=1S/C12H23NO2/c1-13(10-12(14)15)9-8-11-6-4-2-3-5-7-11/h11H,2-10H2,1H3,(H,14,15). The maximum absolute atomic E-state index is 10.5. The highest BCUT2D eigenvalue weighted by Gasteiger charge is 2.13. The van der Waals surface area contributed by atoms with Gasteiger partial charge in [0.1, 0.15) is 0 Å². The highest BCUT2D eigenvalue weighted by molar-refractivity contribution is 5.68. The van der Waals surface area contributed by atoms with Gasteiger partial charge in [0.05, 0.1) is 6.54 Å². The average molecular weight is 213 g/mol. The number of nitrogens with zero attached hydrogens (tertiary/aromatic N) is 1. The second kappa shape index (κ2) is 6.83. The molecule has 15 heavy (non-hydrogen) atoms. The Balaban J connectivity index is 2.14. The van der Waals surface area contributed by atoms with Gasteiger partial charge in [-0.05, 0) is 25.9 Å². The van der Waals surface area contributed by atoms with Crippen LogP contribution in [0.4, 0.5) is 0 Å². The zero-order valence-corrected chi connectivity index (χ0v) is 9.74. The first-order valence-electron chi connectivity index (χ1n) is 6.09. The zero-order valence-electron chi connectivity index (χ0n) is 9.74. The molecule has 1 aliphatic carbocycles. The lowest BCUT2D eigenvalue weighted by atomic mass is 9.96. The molecule has 0 aromatic heterocycles. The fraction of sp³-hybridized carbons (Fsp3) is 0.917. The van der Waals surface area contributed by atoms with Gasteiger partial charge < -0.3 is 5.11 Å². The van der Waals surface area contributed by atoms with Crippen LogP contribution in [0.1, 0.15) is 44.9 Å². The van der Waals surface area contributed by atoms with Crippen molar-refractivity contribution in [2.45, 2.75) is 44.9 Å². The van der Waals surface area contributed by atoms with Gasteiger partial charge in [-0.1, -0.05) is 38.5 Å². The van der Waals surface area contributed by atoms with E-state index in [-0.39, 0.29) is 6.54 Å². The summed E-state index contributed by atoms with van der Waals surface area (Å²) in [6, 6.07) is 0. The Hall–Kier alpha value is -0.570. The molecule has 1 rings (SSSR count). The summed E-state index contributed by atoms with van der Waals surface area (Å²) in [4.78, 5) is 12.4. The minimum Gasteiger partial charge on any atom is -0.480 e. The van der Waals surface area contributed by atoms with E-state index in [0.717, 1.165) is 12.5 Å². The lowest BCUT2D eigenvalue weighted by molar-refractivity contribution is -0.138. The van der Waals surface area contributed by atoms with Crippen LogP contribution in [-0.4, -0.2) is 36.1 Å². The van der Waals surface area contributed by atoms with E-state index in [4.69, 9.17) is 5.11 Å². The molecule has 0 radical (unpaired) electrons. The van der Waals surface area contributed by atoms with Crippen molar-refractivity contribution >= 4 is 5.97 Å². The van der Waals surface area contributed by atoms with Gasteiger partial charge in [0, 0.05) is 0 Å². The highest BCUT2D eigenvalue weighted by Crippen LogP contribution is 2.25. The predicted molar refractivity (Wildman–Crippen MR) is 60.9 cm³/mol. The van der Waals surface area contributed by atoms with Crippen molar-refractivity contribution in [2.75, 3.05) is 20.1 Å². The van der Waals surface area contributed by atoms with E-state index in [1.807, 2.05) is 11.9 Å². The summed E-state index contributed by atoms with van der Waals surface area (Å²) in [7, 11) is 1.89. The van der Waals surface area contributed by atoms with Crippen LogP contribution in [0.15, 0.2) is 0 Å². The van der Waals surface area contributed by atoms with Crippen LogP contribution < -0.4 is 0 Å². The van der Waals surface area contributed by atoms with Gasteiger partial charge in [0.25, 0.3) is 0 Å². The Kier molecular flexibility index (Phi) is 5.69. The highest BCUT2D eigenvalue weighted by atomic mass is 16.4. The molecule has 1 saturated carbocycles. The monoisotopic (exact) mass is 213 g/mol. The van der Waals surface area contributed by atoms with E-state index in [0.29, 0.717) is 0 Å². The number of hydrogen-bond donors (Lipinski definition) is 1. The van der Waals surface area contributed by atoms with E-state index in [9.17, 15) is 4.79 Å². The van der Waals surface area contributed by atoms with Crippen LogP contribution >= 0.6 is 0 Å². The van der Waals surface area contributed by atoms with Crippen molar-refractivity contribution in [3.8, 4) is 0 Å². The van der Waals surface area contributed by atoms with Gasteiger partial charge >= 0.3 is 5.97 Å². The Labute approximate surface area is 92.5 Å². The second-order valence-electron chi connectivity index (χ2n) is 4.78. The molecule has 3 nitrogen and oxygen atoms in total. The predicted octanol–water partition coefficient (Wildman–Crippen LogP) is 2.36. The van der Waals surface area contributed by atoms with Crippen molar-refractivity contribution < 1.29 is 9.90 Å². The smallest absolute Gasteiger partial charge is 0.317 e. The van der Waals surface area contributed by atoms with Crippen LogP contribution in [-0.2, 0) is 4.79 Å². The van der Waals surface area contributed by atoms with Crippen molar-refractivity contribution in [3.05, 3.63) is 0 Å². The van der Waals surface area contributed by atoms with Gasteiger partial charge in [-0.2, -0.15) is 0 Å². The third-order valence-corrected chi connectivity index (χ3v) is 3.30. The van der Waals surface area contributed by atoms with Crippen LogP contribution in [0.25, 0.3) is 0 Å². The molecule has 0 saturated heterocycles. The molecule has 1 N–H and O–H groups in total. The Bertz CT molecular complexity index is 186. The third-order valence-electron chi connectivity index (χ3n) is 3.30. The molecule has 0 spiro atoms. The molecule has 0 unspecified atom stereocenters. The summed E-state index contributed by atoms with van der Waals surface area (Å²) in [6.07, 6.45) is 9.38. The fourth-order valence-corrected chi connectivity index (χ4v) is 2.37. The molecular weight excluding hydrogens is 190 g/mol. The molecular formula is C12H23NO2. The van der Waals surface area contributed by atoms with Gasteiger partial charge in [-0.3, -0.25) is 9.69 Å². The molecule has 0 aromatic carbocycles. The van der Waals surface area contributed by atoms with Crippen molar-refractivity contribution in [2.24, 2.45) is 5.92 Å². The van der Waals surface area contributed by atoms with E-state index >= 15 is 0 Å². The molecule has 0 bridgehead atoms. The lowest BCUT2D eigenvalue weighted by Crippen LogP contribution is -2.27. The molecule has 0 atom stereocenters. The fourth-order valence-electron chi connectivity index (χ4n) is 2.37. The Morgan fingerprint density at radius 3 is 2.40 bits per heavy atom. The number of carbonyl (C=O) groups is 1. The maximum Gasteiger partial charge on any atom is 0.317 e. The van der Waals surface area contributed by atoms with Gasteiger partial charge in [-0.15, -0.1) is 0 Å². The molecule has 0 aliphatic heterocycles. The number of carboxylic acid groups (broad SMARTS) is 1. The molecule has 0 heterocycles. The molecule has 0 aromatic rings. The van der Waals surface area contributed by atoms with Crippen LogP contribution in [0.2, 0.25) is 0 Å². The van der Waals surface area contributed by atoms with E-state index in [2.05, 4.69) is 0 Å². The number of aliphatic carboxylic acids is 1. The van der Waals surface area contributed by atoms with Crippen molar-refractivity contribution in [3.63, 3.8) is 0 Å². The summed E-state index contributed by atoms with van der Waals surface area (Å²) >= 11 is 0. The minimum atomic E-state index is -0.724. The largest absolute Gasteiger partial charge is 0.480 e. The SMILES string of the molecule is CN(CCC1CCCCCC1)CC(=O)O. The van der Waals surface area contributed by atoms with Gasteiger partial charge in [-0.25, -0.2) is 0 Å². The molecule has 1 fully saturated rings. The normalized spacial score (nSPS) is 19.1. The van der Waals surface area contributed by atoms with E-state index in [1.165, 1.54) is 44.9 Å². The zero-order chi connectivity index (χ0) is 11.1. The number of carboxylic acids is 1. The summed E-state index contributed by atoms with van der Waals surface area (Å²) in [5.41, 5.74) is 0. The van der Waals surface area contributed by atoms with Crippen molar-refractivity contribution in [1.82, 2.24) is 4.90 Å². The molecule has 3 heteroatoms. The quantitative estimate of drug-likeness (QED) is 0.713. The topological polar surface area (TPSA) is 40.5 Å². The number of likely N-dealkylation sites (N-methyl/N-ethyl adjacent to an activating group) is 1. The summed E-state index contributed by atoms with van der Waals surface area (Å²) in [5.74, 6) is 0.113. The third kappa shape index (κ3) is 5.78. The minimum absolute atomic E-state index is 0.173. The van der Waals surface area contributed by atoms with Crippen molar-refractivity contribution in [1.29, 1.82) is 0 Å². The molecule has 0 amide bonds. The van der Waals surface area contributed by atoms with E-state index in [1.54, 1.807) is 0 Å². The van der Waals surface area contributed by atoms with E-state index < -0.39 is 5.97 Å².